The molecule has 1 aromatic carbocycles. The van der Waals surface area contributed by atoms with Gasteiger partial charge in [0, 0.05) is 17.3 Å². The maximum Gasteiger partial charge on any atom is 0.313 e. The standard InChI is InChI=1S/C13H19NO3/c1-4-16-12-8-10(14)6-7-11(12)9(3)13(15)17-5-2/h6-9H,4-5,14H2,1-3H3. The summed E-state index contributed by atoms with van der Waals surface area (Å²) in [6.45, 7) is 6.39. The Labute approximate surface area is 102 Å². The molecule has 0 saturated heterocycles. The third kappa shape index (κ3) is 3.37. The van der Waals surface area contributed by atoms with E-state index < -0.39 is 0 Å². The van der Waals surface area contributed by atoms with E-state index in [1.165, 1.54) is 0 Å². The Kier molecular flexibility index (Phi) is 4.82. The van der Waals surface area contributed by atoms with Crippen molar-refractivity contribution in [3.8, 4) is 5.75 Å². The first-order valence-electron chi connectivity index (χ1n) is 5.79. The van der Waals surface area contributed by atoms with Gasteiger partial charge in [0.05, 0.1) is 19.1 Å². The lowest BCUT2D eigenvalue weighted by Gasteiger charge is -2.15. The number of hydrogen-bond donors (Lipinski definition) is 1. The summed E-state index contributed by atoms with van der Waals surface area (Å²) in [5.41, 5.74) is 7.12. The number of ether oxygens (including phenoxy) is 2. The fourth-order valence-corrected chi connectivity index (χ4v) is 1.58. The van der Waals surface area contributed by atoms with Gasteiger partial charge in [-0.2, -0.15) is 0 Å². The van der Waals surface area contributed by atoms with Crippen LogP contribution in [0.15, 0.2) is 18.2 Å². The van der Waals surface area contributed by atoms with Crippen LogP contribution in [-0.4, -0.2) is 19.2 Å². The number of esters is 1. The molecule has 0 amide bonds. The molecule has 0 aliphatic carbocycles. The van der Waals surface area contributed by atoms with Gasteiger partial charge in [0.25, 0.3) is 0 Å². The van der Waals surface area contributed by atoms with E-state index in [-0.39, 0.29) is 11.9 Å². The number of nitrogens with two attached hydrogens (primary N) is 1. The SMILES string of the molecule is CCOC(=O)C(C)c1ccc(N)cc1OCC. The van der Waals surface area contributed by atoms with Crippen molar-refractivity contribution in [1.82, 2.24) is 0 Å². The van der Waals surface area contributed by atoms with Gasteiger partial charge >= 0.3 is 5.97 Å². The first-order valence-corrected chi connectivity index (χ1v) is 5.79. The molecule has 0 spiro atoms. The Balaban J connectivity index is 2.99. The Morgan fingerprint density at radius 3 is 2.65 bits per heavy atom. The van der Waals surface area contributed by atoms with E-state index in [1.54, 1.807) is 26.0 Å². The van der Waals surface area contributed by atoms with Crippen molar-refractivity contribution in [3.63, 3.8) is 0 Å². The van der Waals surface area contributed by atoms with Crippen molar-refractivity contribution in [2.75, 3.05) is 18.9 Å². The second-order valence-corrected chi connectivity index (χ2v) is 3.70. The molecule has 0 aliphatic rings. The third-order valence-corrected chi connectivity index (χ3v) is 2.44. The van der Waals surface area contributed by atoms with Gasteiger partial charge in [-0.25, -0.2) is 0 Å². The Hall–Kier alpha value is -1.71. The third-order valence-electron chi connectivity index (χ3n) is 2.44. The average molecular weight is 237 g/mol. The highest BCUT2D eigenvalue weighted by Gasteiger charge is 2.20. The van der Waals surface area contributed by atoms with E-state index in [0.29, 0.717) is 24.7 Å². The van der Waals surface area contributed by atoms with Crippen molar-refractivity contribution >= 4 is 11.7 Å². The van der Waals surface area contributed by atoms with Gasteiger partial charge in [0.15, 0.2) is 0 Å². The lowest BCUT2D eigenvalue weighted by molar-refractivity contribution is -0.144. The summed E-state index contributed by atoms with van der Waals surface area (Å²) < 4.78 is 10.5. The topological polar surface area (TPSA) is 61.5 Å². The van der Waals surface area contributed by atoms with Gasteiger partial charge in [-0.3, -0.25) is 4.79 Å². The summed E-state index contributed by atoms with van der Waals surface area (Å²) in [5, 5.41) is 0. The van der Waals surface area contributed by atoms with Crippen LogP contribution in [0.5, 0.6) is 5.75 Å². The monoisotopic (exact) mass is 237 g/mol. The van der Waals surface area contributed by atoms with Crippen LogP contribution < -0.4 is 10.5 Å². The smallest absolute Gasteiger partial charge is 0.313 e. The molecule has 1 atom stereocenters. The summed E-state index contributed by atoms with van der Waals surface area (Å²) in [7, 11) is 0. The van der Waals surface area contributed by atoms with Crippen molar-refractivity contribution in [2.45, 2.75) is 26.7 Å². The van der Waals surface area contributed by atoms with Gasteiger partial charge in [0.1, 0.15) is 5.75 Å². The van der Waals surface area contributed by atoms with Gasteiger partial charge < -0.3 is 15.2 Å². The molecule has 0 bridgehead atoms. The molecule has 2 N–H and O–H groups in total. The zero-order valence-electron chi connectivity index (χ0n) is 10.5. The zero-order chi connectivity index (χ0) is 12.8. The van der Waals surface area contributed by atoms with Crippen LogP contribution in [0.1, 0.15) is 32.3 Å². The predicted octanol–water partition coefficient (Wildman–Crippen LogP) is 2.33. The highest BCUT2D eigenvalue weighted by atomic mass is 16.5. The van der Waals surface area contributed by atoms with Gasteiger partial charge in [0.2, 0.25) is 0 Å². The second kappa shape index (κ2) is 6.13. The van der Waals surface area contributed by atoms with E-state index >= 15 is 0 Å². The molecule has 1 rings (SSSR count). The summed E-state index contributed by atoms with van der Waals surface area (Å²) >= 11 is 0. The Morgan fingerprint density at radius 1 is 1.35 bits per heavy atom. The molecule has 0 saturated carbocycles. The number of nitrogen functional groups attached to an aromatic ring is 1. The molecule has 0 fully saturated rings. The molecule has 4 heteroatoms. The minimum absolute atomic E-state index is 0.252. The molecule has 1 aromatic rings. The average Bonchev–Trinajstić information content (AvgIpc) is 2.29. The van der Waals surface area contributed by atoms with Crippen LogP contribution in [0, 0.1) is 0 Å². The molecule has 0 aliphatic heterocycles. The Morgan fingerprint density at radius 2 is 2.06 bits per heavy atom. The van der Waals surface area contributed by atoms with E-state index in [1.807, 2.05) is 13.0 Å². The first kappa shape index (κ1) is 13.4. The summed E-state index contributed by atoms with van der Waals surface area (Å²) in [4.78, 5) is 11.7. The fraction of sp³-hybridized carbons (Fsp3) is 0.462. The van der Waals surface area contributed by atoms with Gasteiger partial charge in [-0.1, -0.05) is 6.07 Å². The normalized spacial score (nSPS) is 11.9. The maximum atomic E-state index is 11.7. The number of anilines is 1. The van der Waals surface area contributed by atoms with E-state index in [0.717, 1.165) is 5.56 Å². The van der Waals surface area contributed by atoms with Crippen LogP contribution >= 0.6 is 0 Å². The number of benzene rings is 1. The van der Waals surface area contributed by atoms with Crippen LogP contribution in [0.3, 0.4) is 0 Å². The minimum atomic E-state index is -0.350. The van der Waals surface area contributed by atoms with Crippen LogP contribution in [0.25, 0.3) is 0 Å². The Bertz CT molecular complexity index is 390. The first-order chi connectivity index (χ1) is 8.10. The van der Waals surface area contributed by atoms with Crippen molar-refractivity contribution in [3.05, 3.63) is 23.8 Å². The number of carbonyl (C=O) groups excluding carboxylic acids is 1. The molecule has 0 aromatic heterocycles. The molecule has 0 radical (unpaired) electrons. The lowest BCUT2D eigenvalue weighted by atomic mass is 10.00. The van der Waals surface area contributed by atoms with E-state index in [9.17, 15) is 4.79 Å². The fourth-order valence-electron chi connectivity index (χ4n) is 1.58. The molecule has 17 heavy (non-hydrogen) atoms. The second-order valence-electron chi connectivity index (χ2n) is 3.70. The molecular formula is C13H19NO3. The number of rotatable bonds is 5. The van der Waals surface area contributed by atoms with E-state index in [2.05, 4.69) is 0 Å². The maximum absolute atomic E-state index is 11.7. The van der Waals surface area contributed by atoms with Crippen molar-refractivity contribution in [2.24, 2.45) is 0 Å². The van der Waals surface area contributed by atoms with Crippen molar-refractivity contribution < 1.29 is 14.3 Å². The van der Waals surface area contributed by atoms with Gasteiger partial charge in [-0.05, 0) is 26.8 Å². The van der Waals surface area contributed by atoms with Crippen molar-refractivity contribution in [1.29, 1.82) is 0 Å². The predicted molar refractivity (Wildman–Crippen MR) is 67.1 cm³/mol. The number of carbonyl (C=O) groups is 1. The molecule has 1 unspecified atom stereocenters. The summed E-state index contributed by atoms with van der Waals surface area (Å²) in [6, 6.07) is 5.30. The highest BCUT2D eigenvalue weighted by Crippen LogP contribution is 2.29. The van der Waals surface area contributed by atoms with Crippen LogP contribution in [0.2, 0.25) is 0 Å². The zero-order valence-corrected chi connectivity index (χ0v) is 10.5. The minimum Gasteiger partial charge on any atom is -0.493 e. The summed E-state index contributed by atoms with van der Waals surface area (Å²) in [5.74, 6) is 0.0448. The molecular weight excluding hydrogens is 218 g/mol. The molecule has 4 nitrogen and oxygen atoms in total. The lowest BCUT2D eigenvalue weighted by Crippen LogP contribution is -2.14. The highest BCUT2D eigenvalue weighted by molar-refractivity contribution is 5.79. The molecule has 94 valence electrons. The quantitative estimate of drug-likeness (QED) is 0.630. The van der Waals surface area contributed by atoms with Crippen LogP contribution in [-0.2, 0) is 9.53 Å². The molecule has 0 heterocycles. The van der Waals surface area contributed by atoms with Gasteiger partial charge in [-0.15, -0.1) is 0 Å². The van der Waals surface area contributed by atoms with Crippen LogP contribution in [0.4, 0.5) is 5.69 Å². The van der Waals surface area contributed by atoms with E-state index in [4.69, 9.17) is 15.2 Å². The number of hydrogen-bond acceptors (Lipinski definition) is 4. The largest absolute Gasteiger partial charge is 0.493 e. The summed E-state index contributed by atoms with van der Waals surface area (Å²) in [6.07, 6.45) is 0.